The van der Waals surface area contributed by atoms with Crippen molar-refractivity contribution in [3.63, 3.8) is 0 Å². The highest BCUT2D eigenvalue weighted by Crippen LogP contribution is 2.46. The Kier molecular flexibility index (Phi) is 3.42. The van der Waals surface area contributed by atoms with Crippen LogP contribution in [0.1, 0.15) is 29.0 Å². The number of H-pyrrole nitrogens is 1. The first-order valence-corrected chi connectivity index (χ1v) is 9.07. The number of benzene rings is 1. The molecular formula is C19H19FN4O3. The molecule has 7 nitrogen and oxygen atoms in total. The van der Waals surface area contributed by atoms with Crippen LogP contribution in [-0.4, -0.2) is 63.0 Å². The van der Waals surface area contributed by atoms with Crippen LogP contribution in [0.3, 0.4) is 0 Å². The highest BCUT2D eigenvalue weighted by Gasteiger charge is 2.63. The number of halogens is 1. The molecule has 8 heteroatoms. The molecule has 1 spiro atoms. The molecule has 4 heterocycles. The van der Waals surface area contributed by atoms with E-state index in [1.54, 1.807) is 28.9 Å². The molecule has 0 bridgehead atoms. The molecule has 1 aromatic carbocycles. The lowest BCUT2D eigenvalue weighted by Crippen LogP contribution is -2.48. The van der Waals surface area contributed by atoms with Crippen LogP contribution < -0.4 is 0 Å². The molecule has 2 amide bonds. The number of likely N-dealkylation sites (tertiary alicyclic amines) is 1. The summed E-state index contributed by atoms with van der Waals surface area (Å²) >= 11 is 0. The summed E-state index contributed by atoms with van der Waals surface area (Å²) in [6.45, 7) is 3.43. The molecule has 27 heavy (non-hydrogen) atoms. The monoisotopic (exact) mass is 370 g/mol. The average molecular weight is 370 g/mol. The smallest absolute Gasteiger partial charge is 0.274 e. The molecule has 0 aliphatic carbocycles. The Morgan fingerprint density at radius 2 is 2.11 bits per heavy atom. The van der Waals surface area contributed by atoms with Crippen molar-refractivity contribution in [3.8, 4) is 11.4 Å². The van der Waals surface area contributed by atoms with Gasteiger partial charge in [-0.3, -0.25) is 9.59 Å². The van der Waals surface area contributed by atoms with E-state index in [2.05, 4.69) is 9.97 Å². The largest absolute Gasteiger partial charge is 0.351 e. The fourth-order valence-electron chi connectivity index (χ4n) is 4.58. The lowest BCUT2D eigenvalue weighted by molar-refractivity contribution is -0.136. The second kappa shape index (κ2) is 5.63. The first kappa shape index (κ1) is 16.4. The van der Waals surface area contributed by atoms with Crippen LogP contribution >= 0.6 is 0 Å². The van der Waals surface area contributed by atoms with Gasteiger partial charge in [0.2, 0.25) is 5.91 Å². The maximum Gasteiger partial charge on any atom is 0.274 e. The quantitative estimate of drug-likeness (QED) is 0.873. The van der Waals surface area contributed by atoms with Gasteiger partial charge in [-0.25, -0.2) is 9.37 Å². The van der Waals surface area contributed by atoms with Gasteiger partial charge in [0.25, 0.3) is 5.91 Å². The number of hydrogen-bond donors (Lipinski definition) is 1. The maximum atomic E-state index is 13.2. The highest BCUT2D eigenvalue weighted by molar-refractivity contribution is 5.95. The van der Waals surface area contributed by atoms with Crippen LogP contribution in [0.25, 0.3) is 11.4 Å². The Balaban J connectivity index is 1.45. The molecule has 1 aromatic heterocycles. The lowest BCUT2D eigenvalue weighted by Gasteiger charge is -2.31. The Morgan fingerprint density at radius 1 is 1.33 bits per heavy atom. The maximum absolute atomic E-state index is 13.2. The number of rotatable bonds is 2. The summed E-state index contributed by atoms with van der Waals surface area (Å²) in [4.78, 5) is 36.6. The second-order valence-electron chi connectivity index (χ2n) is 7.27. The molecule has 3 aliphatic heterocycles. The van der Waals surface area contributed by atoms with E-state index in [1.165, 1.54) is 12.1 Å². The average Bonchev–Trinajstić information content (AvgIpc) is 3.37. The van der Waals surface area contributed by atoms with E-state index in [9.17, 15) is 14.0 Å². The van der Waals surface area contributed by atoms with Gasteiger partial charge >= 0.3 is 0 Å². The van der Waals surface area contributed by atoms with Gasteiger partial charge in [-0.05, 0) is 31.2 Å². The van der Waals surface area contributed by atoms with Gasteiger partial charge in [0.05, 0.1) is 19.1 Å². The number of amides is 2. The Hall–Kier alpha value is -2.74. The summed E-state index contributed by atoms with van der Waals surface area (Å²) in [6.07, 6.45) is 0.920. The normalized spacial score (nSPS) is 26.6. The van der Waals surface area contributed by atoms with Crippen molar-refractivity contribution in [2.75, 3.05) is 19.7 Å². The predicted octanol–water partition coefficient (Wildman–Crippen LogP) is 1.70. The predicted molar refractivity (Wildman–Crippen MR) is 93.2 cm³/mol. The zero-order valence-electron chi connectivity index (χ0n) is 14.9. The van der Waals surface area contributed by atoms with Crippen molar-refractivity contribution < 1.29 is 18.7 Å². The summed E-state index contributed by atoms with van der Waals surface area (Å²) in [6, 6.07) is 5.67. The van der Waals surface area contributed by atoms with Gasteiger partial charge in [0, 0.05) is 30.8 Å². The number of aromatic amines is 1. The Bertz CT molecular complexity index is 941. The van der Waals surface area contributed by atoms with E-state index in [0.29, 0.717) is 55.3 Å². The number of imidazole rings is 1. The third-order valence-electron chi connectivity index (χ3n) is 5.87. The van der Waals surface area contributed by atoms with Crippen LogP contribution in [0.5, 0.6) is 0 Å². The third kappa shape index (κ3) is 2.26. The first-order valence-electron chi connectivity index (χ1n) is 9.07. The molecule has 3 fully saturated rings. The van der Waals surface area contributed by atoms with Crippen molar-refractivity contribution in [2.45, 2.75) is 31.5 Å². The fraction of sp³-hybridized carbons (Fsp3) is 0.421. The minimum atomic E-state index is -0.656. The van der Waals surface area contributed by atoms with Crippen molar-refractivity contribution in [1.82, 2.24) is 19.8 Å². The minimum Gasteiger partial charge on any atom is -0.351 e. The number of aryl methyl sites for hydroxylation is 1. The lowest BCUT2D eigenvalue weighted by atomic mass is 10.1. The SMILES string of the molecule is Cc1[nH]c(-c2ccc(F)cc2)nc1C(=O)N1CC[C@@]23OCCN2C(=O)C[C@@H]13. The zero-order chi connectivity index (χ0) is 18.8. The number of nitrogens with zero attached hydrogens (tertiary/aromatic N) is 3. The van der Waals surface area contributed by atoms with Gasteiger partial charge in [-0.2, -0.15) is 0 Å². The molecule has 140 valence electrons. The van der Waals surface area contributed by atoms with Gasteiger partial charge in [-0.15, -0.1) is 0 Å². The van der Waals surface area contributed by atoms with Gasteiger partial charge in [0.1, 0.15) is 17.3 Å². The van der Waals surface area contributed by atoms with Crippen LogP contribution in [0, 0.1) is 12.7 Å². The summed E-state index contributed by atoms with van der Waals surface area (Å²) in [5, 5.41) is 0. The molecule has 0 unspecified atom stereocenters. The summed E-state index contributed by atoms with van der Waals surface area (Å²) in [5.74, 6) is 0.0311. The summed E-state index contributed by atoms with van der Waals surface area (Å²) < 4.78 is 19.1. The third-order valence-corrected chi connectivity index (χ3v) is 5.87. The molecule has 0 radical (unpaired) electrons. The van der Waals surface area contributed by atoms with Crippen molar-refractivity contribution >= 4 is 11.8 Å². The number of carbonyl (C=O) groups is 2. The Labute approximate surface area is 155 Å². The number of hydrogen-bond acceptors (Lipinski definition) is 4. The molecule has 2 atom stereocenters. The van der Waals surface area contributed by atoms with Gasteiger partial charge in [0.15, 0.2) is 5.72 Å². The molecule has 3 aliphatic rings. The van der Waals surface area contributed by atoms with E-state index in [1.807, 2.05) is 0 Å². The van der Waals surface area contributed by atoms with Crippen LogP contribution in [-0.2, 0) is 9.53 Å². The molecule has 2 aromatic rings. The van der Waals surface area contributed by atoms with Crippen LogP contribution in [0.2, 0.25) is 0 Å². The number of aromatic nitrogens is 2. The molecule has 3 saturated heterocycles. The van der Waals surface area contributed by atoms with Crippen LogP contribution in [0.4, 0.5) is 4.39 Å². The minimum absolute atomic E-state index is 0.0424. The molecule has 0 saturated carbocycles. The first-order chi connectivity index (χ1) is 13.0. The van der Waals surface area contributed by atoms with Gasteiger partial charge in [-0.1, -0.05) is 0 Å². The fourth-order valence-corrected chi connectivity index (χ4v) is 4.58. The highest BCUT2D eigenvalue weighted by atomic mass is 19.1. The number of ether oxygens (including phenoxy) is 1. The zero-order valence-corrected chi connectivity index (χ0v) is 14.9. The van der Waals surface area contributed by atoms with E-state index < -0.39 is 5.72 Å². The van der Waals surface area contributed by atoms with E-state index >= 15 is 0 Å². The summed E-state index contributed by atoms with van der Waals surface area (Å²) in [5.41, 5.74) is 1.03. The van der Waals surface area contributed by atoms with Gasteiger partial charge < -0.3 is 19.5 Å². The molecular weight excluding hydrogens is 351 g/mol. The van der Waals surface area contributed by atoms with Crippen molar-refractivity contribution in [3.05, 3.63) is 41.5 Å². The molecule has 5 rings (SSSR count). The molecule has 1 N–H and O–H groups in total. The number of nitrogens with one attached hydrogen (secondary N) is 1. The van der Waals surface area contributed by atoms with E-state index in [-0.39, 0.29) is 23.7 Å². The van der Waals surface area contributed by atoms with E-state index in [0.717, 1.165) is 0 Å². The number of carbonyl (C=O) groups excluding carboxylic acids is 2. The Morgan fingerprint density at radius 3 is 2.89 bits per heavy atom. The second-order valence-corrected chi connectivity index (χ2v) is 7.27. The topological polar surface area (TPSA) is 78.5 Å². The van der Waals surface area contributed by atoms with E-state index in [4.69, 9.17) is 4.74 Å². The van der Waals surface area contributed by atoms with Crippen molar-refractivity contribution in [2.24, 2.45) is 0 Å². The van der Waals surface area contributed by atoms with Crippen LogP contribution in [0.15, 0.2) is 24.3 Å². The van der Waals surface area contributed by atoms with Crippen molar-refractivity contribution in [1.29, 1.82) is 0 Å². The standard InChI is InChI=1S/C19H19FN4O3/c1-11-16(22-17(21-11)12-2-4-13(20)5-3-12)18(26)23-7-6-19-14(23)10-15(25)24(19)8-9-27-19/h2-5,14H,6-10H2,1H3,(H,21,22)/t14-,19+/m1/s1. The summed E-state index contributed by atoms with van der Waals surface area (Å²) in [7, 11) is 0.